The Bertz CT molecular complexity index is 2020. The number of H-pyrrole nitrogens is 1. The van der Waals surface area contributed by atoms with E-state index in [9.17, 15) is 13.2 Å². The third-order valence-electron chi connectivity index (χ3n) is 7.99. The van der Waals surface area contributed by atoms with Crippen LogP contribution in [0.15, 0.2) is 53.6 Å². The number of fused-ring (bicyclic) bond motifs is 3. The summed E-state index contributed by atoms with van der Waals surface area (Å²) in [6.07, 6.45) is 5.72. The Labute approximate surface area is 245 Å². The van der Waals surface area contributed by atoms with E-state index in [1.807, 2.05) is 11.5 Å². The van der Waals surface area contributed by atoms with Gasteiger partial charge >= 0.3 is 6.01 Å². The largest absolute Gasteiger partial charge is 0.424 e. The lowest BCUT2D eigenvalue weighted by atomic mass is 10.0. The molecule has 4 heterocycles. The van der Waals surface area contributed by atoms with Crippen molar-refractivity contribution in [2.45, 2.75) is 43.9 Å². The van der Waals surface area contributed by atoms with Gasteiger partial charge < -0.3 is 14.3 Å². The number of hydrogen-bond acceptors (Lipinski definition) is 7. The van der Waals surface area contributed by atoms with Gasteiger partial charge in [0.1, 0.15) is 17.4 Å². The number of pyridine rings is 1. The Morgan fingerprint density at radius 2 is 1.79 bits per heavy atom. The molecule has 0 amide bonds. The summed E-state index contributed by atoms with van der Waals surface area (Å²) in [6, 6.07) is 9.61. The molecule has 0 spiro atoms. The van der Waals surface area contributed by atoms with Crippen molar-refractivity contribution in [1.29, 1.82) is 0 Å². The first-order valence-corrected chi connectivity index (χ1v) is 15.6. The van der Waals surface area contributed by atoms with Gasteiger partial charge in [0.25, 0.3) is 5.56 Å². The average Bonchev–Trinajstić information content (AvgIpc) is 3.77. The number of piperidine rings is 1. The SMILES string of the molecule is Cc1nc2c(=O)[nH]c3cc(F)c(-c4ccc(Oc5ncccn5)cc4Cl)cc3c2n1C1CCN(S(=O)(=O)C2CC2)CC1. The molecule has 0 bridgehead atoms. The summed E-state index contributed by atoms with van der Waals surface area (Å²) in [6.45, 7) is 2.64. The Kier molecular flexibility index (Phi) is 6.52. The van der Waals surface area contributed by atoms with Gasteiger partial charge in [-0.25, -0.2) is 32.1 Å². The summed E-state index contributed by atoms with van der Waals surface area (Å²) in [5, 5.41) is 0.625. The zero-order valence-corrected chi connectivity index (χ0v) is 24.1. The fraction of sp³-hybridized carbons (Fsp3) is 0.310. The lowest BCUT2D eigenvalue weighted by Gasteiger charge is -2.33. The maximum atomic E-state index is 15.5. The van der Waals surface area contributed by atoms with Gasteiger partial charge in [-0.05, 0) is 62.9 Å². The first kappa shape index (κ1) is 27.0. The Hall–Kier alpha value is -3.87. The molecular weight excluding hydrogens is 583 g/mol. The molecule has 1 N–H and O–H groups in total. The number of halogens is 2. The third kappa shape index (κ3) is 4.63. The lowest BCUT2D eigenvalue weighted by Crippen LogP contribution is -2.40. The number of ether oxygens (including phenoxy) is 1. The van der Waals surface area contributed by atoms with Crippen LogP contribution in [0.2, 0.25) is 5.02 Å². The van der Waals surface area contributed by atoms with E-state index < -0.39 is 21.4 Å². The normalized spacial score (nSPS) is 16.8. The van der Waals surface area contributed by atoms with E-state index in [4.69, 9.17) is 16.3 Å². The number of sulfonamides is 1. The van der Waals surface area contributed by atoms with E-state index in [0.29, 0.717) is 59.5 Å². The lowest BCUT2D eigenvalue weighted by molar-refractivity contribution is 0.275. The van der Waals surface area contributed by atoms with Gasteiger partial charge in [-0.15, -0.1) is 0 Å². The molecule has 1 saturated carbocycles. The predicted octanol–water partition coefficient (Wildman–Crippen LogP) is 5.36. The smallest absolute Gasteiger partial charge is 0.321 e. The molecule has 2 aliphatic rings. The van der Waals surface area contributed by atoms with E-state index in [-0.39, 0.29) is 33.4 Å². The van der Waals surface area contributed by atoms with Crippen molar-refractivity contribution in [3.63, 3.8) is 0 Å². The summed E-state index contributed by atoms with van der Waals surface area (Å²) >= 11 is 6.61. The quantitative estimate of drug-likeness (QED) is 0.275. The van der Waals surface area contributed by atoms with Gasteiger partial charge in [0.2, 0.25) is 10.0 Å². The highest BCUT2D eigenvalue weighted by Crippen LogP contribution is 2.39. The van der Waals surface area contributed by atoms with Crippen LogP contribution < -0.4 is 10.3 Å². The minimum atomic E-state index is -3.26. The molecule has 216 valence electrons. The summed E-state index contributed by atoms with van der Waals surface area (Å²) in [7, 11) is -3.26. The highest BCUT2D eigenvalue weighted by Gasteiger charge is 2.41. The van der Waals surface area contributed by atoms with Crippen molar-refractivity contribution in [2.75, 3.05) is 13.1 Å². The van der Waals surface area contributed by atoms with Crippen LogP contribution in [0.25, 0.3) is 33.1 Å². The zero-order valence-electron chi connectivity index (χ0n) is 22.5. The molecule has 0 unspecified atom stereocenters. The Balaban J connectivity index is 1.29. The van der Waals surface area contributed by atoms with Gasteiger partial charge in [-0.1, -0.05) is 11.6 Å². The number of rotatable bonds is 6. The maximum Gasteiger partial charge on any atom is 0.321 e. The van der Waals surface area contributed by atoms with Crippen LogP contribution in [-0.2, 0) is 10.0 Å². The van der Waals surface area contributed by atoms with Gasteiger partial charge in [0, 0.05) is 54.1 Å². The highest BCUT2D eigenvalue weighted by molar-refractivity contribution is 7.90. The van der Waals surface area contributed by atoms with Crippen LogP contribution in [0.1, 0.15) is 37.5 Å². The fourth-order valence-electron chi connectivity index (χ4n) is 5.82. The maximum absolute atomic E-state index is 15.5. The van der Waals surface area contributed by atoms with E-state index in [1.54, 1.807) is 47.0 Å². The van der Waals surface area contributed by atoms with E-state index in [0.717, 1.165) is 12.8 Å². The molecule has 3 aromatic heterocycles. The van der Waals surface area contributed by atoms with Crippen molar-refractivity contribution in [2.24, 2.45) is 0 Å². The first-order valence-electron chi connectivity index (χ1n) is 13.7. The van der Waals surface area contributed by atoms with Crippen LogP contribution >= 0.6 is 11.6 Å². The monoisotopic (exact) mass is 608 g/mol. The second-order valence-corrected chi connectivity index (χ2v) is 13.3. The van der Waals surface area contributed by atoms with Crippen molar-refractivity contribution >= 4 is 43.6 Å². The first-order chi connectivity index (χ1) is 20.2. The number of aromatic amines is 1. The molecule has 0 atom stereocenters. The van der Waals surface area contributed by atoms with Crippen LogP contribution in [0.5, 0.6) is 11.8 Å². The number of imidazole rings is 1. The molecule has 2 aromatic carbocycles. The molecule has 13 heteroatoms. The molecule has 10 nitrogen and oxygen atoms in total. The second-order valence-electron chi connectivity index (χ2n) is 10.7. The highest BCUT2D eigenvalue weighted by atomic mass is 35.5. The molecule has 5 aromatic rings. The summed E-state index contributed by atoms with van der Waals surface area (Å²) in [5.41, 5.74) is 1.46. The number of nitrogens with one attached hydrogen (secondary N) is 1. The van der Waals surface area contributed by atoms with Crippen molar-refractivity contribution in [3.8, 4) is 22.9 Å². The third-order valence-corrected chi connectivity index (χ3v) is 10.7. The fourth-order valence-corrected chi connectivity index (χ4v) is 7.97. The average molecular weight is 609 g/mol. The molecule has 1 aliphatic carbocycles. The Morgan fingerprint density at radius 3 is 2.48 bits per heavy atom. The van der Waals surface area contributed by atoms with Crippen LogP contribution in [0.4, 0.5) is 4.39 Å². The predicted molar refractivity (Wildman–Crippen MR) is 157 cm³/mol. The molecular formula is C29H26ClFN6O4S. The van der Waals surface area contributed by atoms with Gasteiger partial charge in [-0.2, -0.15) is 0 Å². The van der Waals surface area contributed by atoms with Crippen molar-refractivity contribution in [3.05, 3.63) is 75.8 Å². The van der Waals surface area contributed by atoms with E-state index in [2.05, 4.69) is 19.9 Å². The van der Waals surface area contributed by atoms with Crippen LogP contribution in [0.3, 0.4) is 0 Å². The number of aromatic nitrogens is 5. The molecule has 7 rings (SSSR count). The van der Waals surface area contributed by atoms with E-state index >= 15 is 4.39 Å². The minimum absolute atomic E-state index is 0.0700. The van der Waals surface area contributed by atoms with E-state index in [1.165, 1.54) is 6.07 Å². The van der Waals surface area contributed by atoms with Crippen molar-refractivity contribution < 1.29 is 17.5 Å². The molecule has 1 aliphatic heterocycles. The molecule has 1 saturated heterocycles. The van der Waals surface area contributed by atoms with Crippen LogP contribution in [0, 0.1) is 12.7 Å². The number of nitrogens with zero attached hydrogens (tertiary/aromatic N) is 5. The molecule has 42 heavy (non-hydrogen) atoms. The summed E-state index contributed by atoms with van der Waals surface area (Å²) in [4.78, 5) is 28.4. The second kappa shape index (κ2) is 10.1. The zero-order chi connectivity index (χ0) is 29.2. The number of hydrogen-bond donors (Lipinski definition) is 1. The number of aryl methyl sites for hydroxylation is 1. The summed E-state index contributed by atoms with van der Waals surface area (Å²) < 4.78 is 50.4. The minimum Gasteiger partial charge on any atom is -0.424 e. The van der Waals surface area contributed by atoms with Gasteiger partial charge in [0.05, 0.1) is 21.3 Å². The molecule has 2 fully saturated rings. The standard InChI is InChI=1S/C29H26ClFN6O4S/c1-16-34-26-27(37(16)17-7-11-36(12-8-17)42(39,40)19-4-5-19)22-14-21(24(31)15-25(22)35-28(26)38)20-6-3-18(13-23(20)30)41-29-32-9-2-10-33-29/h2-3,6,9-10,13-15,17,19H,4-5,7-8,11-12H2,1H3,(H,35,38). The Morgan fingerprint density at radius 1 is 1.05 bits per heavy atom. The van der Waals surface area contributed by atoms with Crippen molar-refractivity contribution in [1.82, 2.24) is 28.8 Å². The number of benzene rings is 2. The topological polar surface area (TPSA) is 123 Å². The molecule has 0 radical (unpaired) electrons. The van der Waals surface area contributed by atoms with Gasteiger partial charge in [-0.3, -0.25) is 4.79 Å². The van der Waals surface area contributed by atoms with Gasteiger partial charge in [0.15, 0.2) is 5.52 Å². The summed E-state index contributed by atoms with van der Waals surface area (Å²) in [5.74, 6) is 0.479. The van der Waals surface area contributed by atoms with Crippen LogP contribution in [-0.4, -0.2) is 55.6 Å².